The van der Waals surface area contributed by atoms with E-state index in [9.17, 15) is 0 Å². The molecule has 0 N–H and O–H groups in total. The number of hydrogen-bond acceptors (Lipinski definition) is 3. The van der Waals surface area contributed by atoms with Crippen LogP contribution < -0.4 is 0 Å². The standard InChI is InChI=1S/C12H22N2O2/c1-5-15-12(16-6-2)7-8-14-11(4)9-10(3)13-14/h9,12H,5-8H2,1-4H3. The van der Waals surface area contributed by atoms with Crippen LogP contribution in [0.5, 0.6) is 0 Å². The largest absolute Gasteiger partial charge is 0.353 e. The van der Waals surface area contributed by atoms with Crippen LogP contribution in [0.2, 0.25) is 0 Å². The Morgan fingerprint density at radius 1 is 1.25 bits per heavy atom. The van der Waals surface area contributed by atoms with Crippen molar-refractivity contribution in [3.05, 3.63) is 17.5 Å². The number of ether oxygens (including phenoxy) is 2. The molecule has 0 bridgehead atoms. The quantitative estimate of drug-likeness (QED) is 0.669. The van der Waals surface area contributed by atoms with Gasteiger partial charge in [0.15, 0.2) is 6.29 Å². The molecule has 0 unspecified atom stereocenters. The van der Waals surface area contributed by atoms with Crippen molar-refractivity contribution in [3.63, 3.8) is 0 Å². The Labute approximate surface area is 97.6 Å². The van der Waals surface area contributed by atoms with Gasteiger partial charge in [-0.2, -0.15) is 5.10 Å². The Morgan fingerprint density at radius 3 is 2.31 bits per heavy atom. The third kappa shape index (κ3) is 3.94. The molecule has 0 spiro atoms. The fourth-order valence-electron chi connectivity index (χ4n) is 1.72. The smallest absolute Gasteiger partial charge is 0.159 e. The van der Waals surface area contributed by atoms with Gasteiger partial charge in [0.05, 0.1) is 5.69 Å². The van der Waals surface area contributed by atoms with E-state index in [0.29, 0.717) is 13.2 Å². The van der Waals surface area contributed by atoms with E-state index in [-0.39, 0.29) is 6.29 Å². The molecule has 0 atom stereocenters. The molecule has 1 aromatic rings. The Bertz CT molecular complexity index is 304. The summed E-state index contributed by atoms with van der Waals surface area (Å²) in [6.45, 7) is 10.2. The van der Waals surface area contributed by atoms with E-state index in [1.165, 1.54) is 5.69 Å². The Balaban J connectivity index is 2.44. The number of rotatable bonds is 7. The number of hydrogen-bond donors (Lipinski definition) is 0. The van der Waals surface area contributed by atoms with Crippen LogP contribution in [0.25, 0.3) is 0 Å². The molecule has 0 radical (unpaired) electrons. The van der Waals surface area contributed by atoms with Gasteiger partial charge >= 0.3 is 0 Å². The molecule has 0 aliphatic carbocycles. The van der Waals surface area contributed by atoms with Crippen molar-refractivity contribution in [1.29, 1.82) is 0 Å². The summed E-state index contributed by atoms with van der Waals surface area (Å²) in [6, 6.07) is 2.08. The van der Waals surface area contributed by atoms with Crippen LogP contribution in [-0.2, 0) is 16.0 Å². The van der Waals surface area contributed by atoms with Crippen molar-refractivity contribution >= 4 is 0 Å². The molecule has 0 saturated heterocycles. The summed E-state index contributed by atoms with van der Waals surface area (Å²) in [4.78, 5) is 0. The third-order valence-electron chi connectivity index (χ3n) is 2.39. The van der Waals surface area contributed by atoms with Crippen LogP contribution >= 0.6 is 0 Å². The van der Waals surface area contributed by atoms with E-state index in [1.54, 1.807) is 0 Å². The lowest BCUT2D eigenvalue weighted by molar-refractivity contribution is -0.141. The maximum atomic E-state index is 5.49. The second-order valence-corrected chi connectivity index (χ2v) is 3.78. The highest BCUT2D eigenvalue weighted by Gasteiger charge is 2.09. The van der Waals surface area contributed by atoms with Crippen molar-refractivity contribution in [2.75, 3.05) is 13.2 Å². The first-order valence-electron chi connectivity index (χ1n) is 5.91. The zero-order valence-corrected chi connectivity index (χ0v) is 10.7. The van der Waals surface area contributed by atoms with Crippen molar-refractivity contribution in [2.45, 2.75) is 47.0 Å². The minimum Gasteiger partial charge on any atom is -0.353 e. The van der Waals surface area contributed by atoms with Gasteiger partial charge in [-0.05, 0) is 33.8 Å². The first kappa shape index (κ1) is 13.2. The van der Waals surface area contributed by atoms with Gasteiger partial charge in [0, 0.05) is 31.9 Å². The molecule has 0 aliphatic heterocycles. The number of nitrogens with zero attached hydrogens (tertiary/aromatic N) is 2. The van der Waals surface area contributed by atoms with Gasteiger partial charge in [-0.25, -0.2) is 0 Å². The van der Waals surface area contributed by atoms with Crippen LogP contribution in [0.3, 0.4) is 0 Å². The molecule has 0 aromatic carbocycles. The predicted molar refractivity (Wildman–Crippen MR) is 63.4 cm³/mol. The Morgan fingerprint density at radius 2 is 1.88 bits per heavy atom. The maximum absolute atomic E-state index is 5.49. The predicted octanol–water partition coefficient (Wildman–Crippen LogP) is 2.29. The highest BCUT2D eigenvalue weighted by molar-refractivity contribution is 5.06. The van der Waals surface area contributed by atoms with Crippen LogP contribution in [-0.4, -0.2) is 29.3 Å². The van der Waals surface area contributed by atoms with Crippen LogP contribution in [0.15, 0.2) is 6.07 Å². The molecule has 4 heteroatoms. The molecular formula is C12H22N2O2. The molecule has 0 aliphatic rings. The normalized spacial score (nSPS) is 11.3. The van der Waals surface area contributed by atoms with Crippen LogP contribution in [0, 0.1) is 13.8 Å². The summed E-state index contributed by atoms with van der Waals surface area (Å²) in [7, 11) is 0. The molecular weight excluding hydrogens is 204 g/mol. The Hall–Kier alpha value is -0.870. The topological polar surface area (TPSA) is 36.3 Å². The summed E-state index contributed by atoms with van der Waals surface area (Å²) in [5, 5.41) is 4.41. The van der Waals surface area contributed by atoms with Gasteiger partial charge in [0.25, 0.3) is 0 Å². The lowest BCUT2D eigenvalue weighted by Gasteiger charge is -2.17. The van der Waals surface area contributed by atoms with E-state index in [4.69, 9.17) is 9.47 Å². The highest BCUT2D eigenvalue weighted by Crippen LogP contribution is 2.07. The maximum Gasteiger partial charge on any atom is 0.159 e. The summed E-state index contributed by atoms with van der Waals surface area (Å²) in [6.07, 6.45) is 0.725. The molecule has 1 aromatic heterocycles. The third-order valence-corrected chi connectivity index (χ3v) is 2.39. The molecule has 0 fully saturated rings. The summed E-state index contributed by atoms with van der Waals surface area (Å²) in [5.41, 5.74) is 2.24. The first-order valence-corrected chi connectivity index (χ1v) is 5.91. The van der Waals surface area contributed by atoms with Gasteiger partial charge in [0.2, 0.25) is 0 Å². The molecule has 0 amide bonds. The highest BCUT2D eigenvalue weighted by atomic mass is 16.7. The monoisotopic (exact) mass is 226 g/mol. The van der Waals surface area contributed by atoms with Crippen LogP contribution in [0.1, 0.15) is 31.7 Å². The average molecular weight is 226 g/mol. The minimum atomic E-state index is -0.112. The van der Waals surface area contributed by atoms with E-state index in [2.05, 4.69) is 18.1 Å². The number of aryl methyl sites for hydroxylation is 3. The van der Waals surface area contributed by atoms with E-state index in [1.807, 2.05) is 25.5 Å². The minimum absolute atomic E-state index is 0.112. The molecule has 1 rings (SSSR count). The van der Waals surface area contributed by atoms with E-state index >= 15 is 0 Å². The van der Waals surface area contributed by atoms with Gasteiger partial charge < -0.3 is 9.47 Å². The second kappa shape index (κ2) is 6.66. The average Bonchev–Trinajstić information content (AvgIpc) is 2.54. The second-order valence-electron chi connectivity index (χ2n) is 3.78. The lowest BCUT2D eigenvalue weighted by atomic mass is 10.3. The molecule has 4 nitrogen and oxygen atoms in total. The SMILES string of the molecule is CCOC(CCn1nc(C)cc1C)OCC. The van der Waals surface area contributed by atoms with Gasteiger partial charge in [-0.1, -0.05) is 0 Å². The lowest BCUT2D eigenvalue weighted by Crippen LogP contribution is -2.20. The van der Waals surface area contributed by atoms with E-state index in [0.717, 1.165) is 18.7 Å². The molecule has 1 heterocycles. The zero-order chi connectivity index (χ0) is 12.0. The molecule has 0 saturated carbocycles. The molecule has 16 heavy (non-hydrogen) atoms. The zero-order valence-electron chi connectivity index (χ0n) is 10.7. The van der Waals surface area contributed by atoms with Crippen molar-refractivity contribution < 1.29 is 9.47 Å². The first-order chi connectivity index (χ1) is 7.67. The Kier molecular flexibility index (Phi) is 5.49. The fourth-order valence-corrected chi connectivity index (χ4v) is 1.72. The number of aromatic nitrogens is 2. The van der Waals surface area contributed by atoms with Crippen molar-refractivity contribution in [2.24, 2.45) is 0 Å². The van der Waals surface area contributed by atoms with Gasteiger partial charge in [-0.15, -0.1) is 0 Å². The van der Waals surface area contributed by atoms with Gasteiger partial charge in [-0.3, -0.25) is 4.68 Å². The summed E-state index contributed by atoms with van der Waals surface area (Å²) < 4.78 is 13.0. The van der Waals surface area contributed by atoms with Crippen molar-refractivity contribution in [3.8, 4) is 0 Å². The fraction of sp³-hybridized carbons (Fsp3) is 0.750. The molecule has 92 valence electrons. The van der Waals surface area contributed by atoms with Crippen molar-refractivity contribution in [1.82, 2.24) is 9.78 Å². The van der Waals surface area contributed by atoms with Crippen LogP contribution in [0.4, 0.5) is 0 Å². The summed E-state index contributed by atoms with van der Waals surface area (Å²) >= 11 is 0. The van der Waals surface area contributed by atoms with E-state index < -0.39 is 0 Å². The summed E-state index contributed by atoms with van der Waals surface area (Å²) in [5.74, 6) is 0. The van der Waals surface area contributed by atoms with Gasteiger partial charge in [0.1, 0.15) is 0 Å².